The molecule has 0 atom stereocenters. The van der Waals surface area contributed by atoms with Crippen LogP contribution < -0.4 is 5.32 Å². The van der Waals surface area contributed by atoms with E-state index in [1.165, 1.54) is 0 Å². The van der Waals surface area contributed by atoms with Gasteiger partial charge in [-0.3, -0.25) is 4.79 Å². The van der Waals surface area contributed by atoms with Crippen molar-refractivity contribution in [3.63, 3.8) is 0 Å². The van der Waals surface area contributed by atoms with Crippen LogP contribution in [0.15, 0.2) is 53.1 Å². The third kappa shape index (κ3) is 5.10. The van der Waals surface area contributed by atoms with Gasteiger partial charge < -0.3 is 19.5 Å². The molecule has 4 rings (SSSR count). The monoisotopic (exact) mass is 435 g/mol. The van der Waals surface area contributed by atoms with E-state index in [9.17, 15) is 9.59 Å². The van der Waals surface area contributed by atoms with E-state index in [2.05, 4.69) is 10.5 Å². The Labute approximate surface area is 187 Å². The molecule has 0 spiro atoms. The lowest BCUT2D eigenvalue weighted by Gasteiger charge is -2.32. The first-order chi connectivity index (χ1) is 15.3. The molecule has 1 fully saturated rings. The van der Waals surface area contributed by atoms with Gasteiger partial charge in [-0.15, -0.1) is 0 Å². The highest BCUT2D eigenvalue weighted by molar-refractivity contribution is 6.01. The number of likely N-dealkylation sites (tertiary alicyclic amines) is 1. The zero-order valence-electron chi connectivity index (χ0n) is 18.8. The summed E-state index contributed by atoms with van der Waals surface area (Å²) < 4.78 is 10.8. The second kappa shape index (κ2) is 9.02. The highest BCUT2D eigenvalue weighted by Gasteiger charge is 2.25. The number of fused-ring (bicyclic) bond motifs is 1. The molecule has 0 radical (unpaired) electrons. The normalized spacial score (nSPS) is 15.0. The van der Waals surface area contributed by atoms with E-state index >= 15 is 0 Å². The van der Waals surface area contributed by atoms with Crippen LogP contribution in [0.25, 0.3) is 22.2 Å². The summed E-state index contributed by atoms with van der Waals surface area (Å²) in [6, 6.07) is 15.3. The summed E-state index contributed by atoms with van der Waals surface area (Å²) in [4.78, 5) is 26.9. The van der Waals surface area contributed by atoms with Crippen molar-refractivity contribution in [2.75, 3.05) is 19.6 Å². The van der Waals surface area contributed by atoms with Crippen LogP contribution in [-0.4, -0.2) is 47.3 Å². The lowest BCUT2D eigenvalue weighted by atomic mass is 9.96. The molecule has 0 saturated carbocycles. The molecule has 0 aliphatic carbocycles. The fraction of sp³-hybridized carbons (Fsp3) is 0.400. The second-order valence-electron chi connectivity index (χ2n) is 9.23. The molecule has 1 aliphatic heterocycles. The van der Waals surface area contributed by atoms with Crippen molar-refractivity contribution in [3.8, 4) is 11.3 Å². The molecule has 7 nitrogen and oxygen atoms in total. The van der Waals surface area contributed by atoms with E-state index in [0.717, 1.165) is 29.3 Å². The third-order valence-corrected chi connectivity index (χ3v) is 5.60. The van der Waals surface area contributed by atoms with Crippen LogP contribution in [0.3, 0.4) is 0 Å². The van der Waals surface area contributed by atoms with Crippen LogP contribution in [0.5, 0.6) is 0 Å². The number of nitrogens with zero attached hydrogens (tertiary/aromatic N) is 2. The van der Waals surface area contributed by atoms with Gasteiger partial charge in [-0.25, -0.2) is 4.79 Å². The summed E-state index contributed by atoms with van der Waals surface area (Å²) in [7, 11) is 0. The van der Waals surface area contributed by atoms with E-state index in [1.807, 2.05) is 68.1 Å². The van der Waals surface area contributed by atoms with E-state index < -0.39 is 11.7 Å². The van der Waals surface area contributed by atoms with Gasteiger partial charge in [0.25, 0.3) is 5.91 Å². The van der Waals surface area contributed by atoms with Gasteiger partial charge in [0.05, 0.1) is 5.39 Å². The molecule has 1 saturated heterocycles. The van der Waals surface area contributed by atoms with Crippen molar-refractivity contribution in [2.24, 2.45) is 5.92 Å². The third-order valence-electron chi connectivity index (χ3n) is 5.60. The smallest absolute Gasteiger partial charge is 0.407 e. The van der Waals surface area contributed by atoms with Crippen LogP contribution in [0, 0.1) is 5.92 Å². The molecule has 168 valence electrons. The van der Waals surface area contributed by atoms with Crippen LogP contribution in [0.4, 0.5) is 4.79 Å². The molecule has 3 aromatic rings. The summed E-state index contributed by atoms with van der Waals surface area (Å²) in [6.45, 7) is 7.41. The van der Waals surface area contributed by atoms with E-state index in [4.69, 9.17) is 9.26 Å². The summed E-state index contributed by atoms with van der Waals surface area (Å²) >= 11 is 0. The lowest BCUT2D eigenvalue weighted by molar-refractivity contribution is 0.0500. The zero-order chi connectivity index (χ0) is 22.7. The quantitative estimate of drug-likeness (QED) is 0.632. The Morgan fingerprint density at radius 3 is 2.53 bits per heavy atom. The number of amides is 2. The Hall–Kier alpha value is -3.35. The summed E-state index contributed by atoms with van der Waals surface area (Å²) in [5, 5.41) is 7.80. The highest BCUT2D eigenvalue weighted by Crippen LogP contribution is 2.30. The Kier molecular flexibility index (Phi) is 6.17. The average molecular weight is 436 g/mol. The molecule has 0 bridgehead atoms. The first-order valence-electron chi connectivity index (χ1n) is 11.0. The minimum atomic E-state index is -0.508. The van der Waals surface area contributed by atoms with Crippen LogP contribution in [-0.2, 0) is 4.74 Å². The molecular formula is C25H29N3O4. The maximum Gasteiger partial charge on any atom is 0.407 e. The number of piperidine rings is 1. The summed E-state index contributed by atoms with van der Waals surface area (Å²) in [5.74, 6) is 1.00. The molecule has 2 aromatic carbocycles. The summed E-state index contributed by atoms with van der Waals surface area (Å²) in [6.07, 6.45) is 1.28. The number of carbonyl (C=O) groups is 2. The topological polar surface area (TPSA) is 84.7 Å². The first-order valence-corrected chi connectivity index (χ1v) is 11.0. The number of carbonyl (C=O) groups excluding carboxylic acids is 2. The fourth-order valence-corrected chi connectivity index (χ4v) is 3.94. The molecule has 0 unspecified atom stereocenters. The predicted octanol–water partition coefficient (Wildman–Crippen LogP) is 4.87. The van der Waals surface area contributed by atoms with Crippen molar-refractivity contribution in [1.82, 2.24) is 15.4 Å². The molecule has 7 heteroatoms. The maximum atomic E-state index is 13.1. The van der Waals surface area contributed by atoms with Crippen molar-refractivity contribution in [1.29, 1.82) is 0 Å². The molecule has 2 amide bonds. The van der Waals surface area contributed by atoms with Gasteiger partial charge in [-0.2, -0.15) is 0 Å². The number of aromatic nitrogens is 1. The van der Waals surface area contributed by atoms with E-state index in [1.54, 1.807) is 6.07 Å². The van der Waals surface area contributed by atoms with Gasteiger partial charge in [0, 0.05) is 30.8 Å². The predicted molar refractivity (Wildman–Crippen MR) is 122 cm³/mol. The molecule has 32 heavy (non-hydrogen) atoms. The van der Waals surface area contributed by atoms with Gasteiger partial charge in [-0.1, -0.05) is 35.5 Å². The van der Waals surface area contributed by atoms with Gasteiger partial charge in [0.15, 0.2) is 5.76 Å². The number of rotatable bonds is 4. The van der Waals surface area contributed by atoms with Gasteiger partial charge >= 0.3 is 6.09 Å². The molecule has 1 aliphatic rings. The number of ether oxygens (including phenoxy) is 1. The minimum Gasteiger partial charge on any atom is -0.444 e. The number of hydrogen-bond acceptors (Lipinski definition) is 5. The lowest BCUT2D eigenvalue weighted by Crippen LogP contribution is -2.42. The zero-order valence-corrected chi connectivity index (χ0v) is 18.8. The Morgan fingerprint density at radius 1 is 1.12 bits per heavy atom. The Balaban J connectivity index is 1.38. The molecular weight excluding hydrogens is 406 g/mol. The Morgan fingerprint density at radius 2 is 1.84 bits per heavy atom. The maximum absolute atomic E-state index is 13.1. The molecule has 1 N–H and O–H groups in total. The van der Waals surface area contributed by atoms with E-state index in [0.29, 0.717) is 36.9 Å². The van der Waals surface area contributed by atoms with Crippen molar-refractivity contribution in [3.05, 3.63) is 54.1 Å². The fourth-order valence-electron chi connectivity index (χ4n) is 3.94. The number of alkyl carbamates (subject to hydrolysis) is 1. The highest BCUT2D eigenvalue weighted by atomic mass is 16.6. The van der Waals surface area contributed by atoms with E-state index in [-0.39, 0.29) is 5.91 Å². The van der Waals surface area contributed by atoms with Crippen molar-refractivity contribution in [2.45, 2.75) is 39.2 Å². The van der Waals surface area contributed by atoms with Crippen LogP contribution in [0.1, 0.15) is 44.0 Å². The number of hydrogen-bond donors (Lipinski definition) is 1. The molecule has 1 aromatic heterocycles. The first kappa shape index (κ1) is 21.9. The van der Waals surface area contributed by atoms with Crippen molar-refractivity contribution >= 4 is 22.9 Å². The second-order valence-corrected chi connectivity index (χ2v) is 9.23. The average Bonchev–Trinajstić information content (AvgIpc) is 3.20. The van der Waals surface area contributed by atoms with Crippen molar-refractivity contribution < 1.29 is 18.8 Å². The minimum absolute atomic E-state index is 0.00524. The summed E-state index contributed by atoms with van der Waals surface area (Å²) in [5.41, 5.74) is 1.78. The van der Waals surface area contributed by atoms with Crippen LogP contribution in [0.2, 0.25) is 0 Å². The number of nitrogens with one attached hydrogen (secondary N) is 1. The largest absolute Gasteiger partial charge is 0.444 e. The SMILES string of the molecule is CC(C)(C)OC(=O)NCC1CCN(C(=O)c2ccc3noc(-c4ccccc4)c3c2)CC1. The van der Waals surface area contributed by atoms with Crippen LogP contribution >= 0.6 is 0 Å². The Bertz CT molecular complexity index is 1090. The van der Waals surface area contributed by atoms with Gasteiger partial charge in [0.2, 0.25) is 0 Å². The molecule has 2 heterocycles. The van der Waals surface area contributed by atoms with Gasteiger partial charge in [0.1, 0.15) is 11.1 Å². The number of benzene rings is 2. The standard InChI is InChI=1S/C25H29N3O4/c1-25(2,3)31-24(30)26-16-17-11-13-28(14-12-17)23(29)19-9-10-21-20(15-19)22(32-27-21)18-7-5-4-6-8-18/h4-10,15,17H,11-14,16H2,1-3H3,(H,26,30). The van der Waals surface area contributed by atoms with Gasteiger partial charge in [-0.05, 0) is 57.7 Å².